The minimum absolute atomic E-state index is 0.621. The van der Waals surface area contributed by atoms with E-state index in [1.165, 1.54) is 16.6 Å². The van der Waals surface area contributed by atoms with Crippen LogP contribution in [0.4, 0.5) is 0 Å². The summed E-state index contributed by atoms with van der Waals surface area (Å²) in [5.74, 6) is 0. The van der Waals surface area contributed by atoms with Crippen molar-refractivity contribution in [3.63, 3.8) is 0 Å². The fourth-order valence-electron chi connectivity index (χ4n) is 1.86. The van der Waals surface area contributed by atoms with Crippen molar-refractivity contribution in [3.8, 4) is 0 Å². The van der Waals surface area contributed by atoms with E-state index in [4.69, 9.17) is 0 Å². The van der Waals surface area contributed by atoms with Gasteiger partial charge in [-0.25, -0.2) is 0 Å². The predicted octanol–water partition coefficient (Wildman–Crippen LogP) is 3.88. The van der Waals surface area contributed by atoms with Crippen LogP contribution in [-0.2, 0) is 19.5 Å². The molecule has 104 valence electrons. The zero-order valence-electron chi connectivity index (χ0n) is 11.5. The van der Waals surface area contributed by atoms with Crippen molar-refractivity contribution in [3.05, 3.63) is 15.9 Å². The molecule has 0 fully saturated rings. The molecule has 0 amide bonds. The third-order valence-corrected chi connectivity index (χ3v) is 5.08. The van der Waals surface area contributed by atoms with E-state index in [0.29, 0.717) is 4.83 Å². The molecule has 1 heterocycles. The molecule has 5 heteroatoms. The molecule has 1 atom stereocenters. The molecule has 1 aromatic heterocycles. The molecular weight excluding hydrogens is 358 g/mol. The predicted molar refractivity (Wildman–Crippen MR) is 84.3 cm³/mol. The number of halogens is 2. The number of aromatic nitrogens is 2. The van der Waals surface area contributed by atoms with E-state index in [1.54, 1.807) is 0 Å². The van der Waals surface area contributed by atoms with Gasteiger partial charge in [-0.1, -0.05) is 29.8 Å². The fourth-order valence-corrected chi connectivity index (χ4v) is 2.79. The highest BCUT2D eigenvalue weighted by molar-refractivity contribution is 9.10. The van der Waals surface area contributed by atoms with Gasteiger partial charge in [0, 0.05) is 17.9 Å². The van der Waals surface area contributed by atoms with Gasteiger partial charge >= 0.3 is 0 Å². The lowest BCUT2D eigenvalue weighted by molar-refractivity contribution is 0.565. The van der Waals surface area contributed by atoms with Crippen molar-refractivity contribution in [2.75, 3.05) is 6.54 Å². The van der Waals surface area contributed by atoms with Gasteiger partial charge in [0.15, 0.2) is 0 Å². The van der Waals surface area contributed by atoms with Crippen molar-refractivity contribution in [2.45, 2.75) is 58.0 Å². The summed E-state index contributed by atoms with van der Waals surface area (Å²) in [6.45, 7) is 9.31. The monoisotopic (exact) mass is 379 g/mol. The lowest BCUT2D eigenvalue weighted by atomic mass is 10.2. The number of aryl methyl sites for hydroxylation is 2. The minimum Gasteiger partial charge on any atom is -0.311 e. The number of rotatable bonds is 8. The summed E-state index contributed by atoms with van der Waals surface area (Å²) in [6, 6.07) is 0. The summed E-state index contributed by atoms with van der Waals surface area (Å²) in [5, 5.41) is 8.10. The van der Waals surface area contributed by atoms with Crippen LogP contribution in [0.3, 0.4) is 0 Å². The molecule has 0 aromatic carbocycles. The van der Waals surface area contributed by atoms with Gasteiger partial charge in [-0.15, -0.1) is 0 Å². The largest absolute Gasteiger partial charge is 0.311 e. The summed E-state index contributed by atoms with van der Waals surface area (Å²) >= 11 is 7.32. The highest BCUT2D eigenvalue weighted by Crippen LogP contribution is 2.22. The summed E-state index contributed by atoms with van der Waals surface area (Å²) in [7, 11) is 0. The smallest absolute Gasteiger partial charge is 0.0767 e. The SMILES string of the molecule is CCc1nn(CC)c(CNCCC(Br)CC)c1Br. The molecule has 0 saturated carbocycles. The molecule has 18 heavy (non-hydrogen) atoms. The lowest BCUT2D eigenvalue weighted by Crippen LogP contribution is -2.20. The molecule has 0 aliphatic heterocycles. The molecule has 0 radical (unpaired) electrons. The minimum atomic E-state index is 0.621. The third kappa shape index (κ3) is 4.35. The number of nitrogens with one attached hydrogen (secondary N) is 1. The Morgan fingerprint density at radius 2 is 2.06 bits per heavy atom. The number of alkyl halides is 1. The van der Waals surface area contributed by atoms with Crippen molar-refractivity contribution in [1.82, 2.24) is 15.1 Å². The Balaban J connectivity index is 2.53. The average molecular weight is 381 g/mol. The van der Waals surface area contributed by atoms with Crippen LogP contribution in [0.15, 0.2) is 4.47 Å². The Morgan fingerprint density at radius 3 is 2.61 bits per heavy atom. The zero-order chi connectivity index (χ0) is 13.5. The molecular formula is C13H23Br2N3. The molecule has 1 aromatic rings. The molecule has 0 aliphatic rings. The quantitative estimate of drug-likeness (QED) is 0.547. The number of hydrogen-bond acceptors (Lipinski definition) is 2. The van der Waals surface area contributed by atoms with E-state index in [1.807, 2.05) is 0 Å². The van der Waals surface area contributed by atoms with Gasteiger partial charge in [0.2, 0.25) is 0 Å². The zero-order valence-corrected chi connectivity index (χ0v) is 14.6. The van der Waals surface area contributed by atoms with E-state index >= 15 is 0 Å². The van der Waals surface area contributed by atoms with Crippen molar-refractivity contribution in [1.29, 1.82) is 0 Å². The number of nitrogens with zero attached hydrogens (tertiary/aromatic N) is 2. The first-order chi connectivity index (χ1) is 8.63. The maximum Gasteiger partial charge on any atom is 0.0767 e. The molecule has 1 unspecified atom stereocenters. The molecule has 1 rings (SSSR count). The van der Waals surface area contributed by atoms with Crippen LogP contribution in [0.1, 0.15) is 45.0 Å². The fraction of sp³-hybridized carbons (Fsp3) is 0.769. The summed E-state index contributed by atoms with van der Waals surface area (Å²) in [4.78, 5) is 0.621. The summed E-state index contributed by atoms with van der Waals surface area (Å²) in [6.07, 6.45) is 3.31. The highest BCUT2D eigenvalue weighted by Gasteiger charge is 2.13. The molecule has 0 saturated heterocycles. The van der Waals surface area contributed by atoms with E-state index in [2.05, 4.69) is 67.7 Å². The third-order valence-electron chi connectivity index (χ3n) is 3.06. The Morgan fingerprint density at radius 1 is 1.33 bits per heavy atom. The van der Waals surface area contributed by atoms with Crippen LogP contribution in [-0.4, -0.2) is 21.2 Å². The first-order valence-electron chi connectivity index (χ1n) is 6.72. The Labute approximate surface area is 127 Å². The molecule has 0 bridgehead atoms. The van der Waals surface area contributed by atoms with Gasteiger partial charge in [0.1, 0.15) is 0 Å². The molecule has 1 N–H and O–H groups in total. The van der Waals surface area contributed by atoms with Gasteiger partial charge in [-0.2, -0.15) is 5.10 Å². The highest BCUT2D eigenvalue weighted by atomic mass is 79.9. The molecule has 0 aliphatic carbocycles. The van der Waals surface area contributed by atoms with E-state index in [-0.39, 0.29) is 0 Å². The van der Waals surface area contributed by atoms with Gasteiger partial charge < -0.3 is 5.32 Å². The normalized spacial score (nSPS) is 12.9. The lowest BCUT2D eigenvalue weighted by Gasteiger charge is -2.09. The van der Waals surface area contributed by atoms with Crippen LogP contribution in [0, 0.1) is 0 Å². The summed E-state index contributed by atoms with van der Waals surface area (Å²) in [5.41, 5.74) is 2.41. The average Bonchev–Trinajstić information content (AvgIpc) is 2.70. The molecule has 3 nitrogen and oxygen atoms in total. The maximum absolute atomic E-state index is 4.60. The van der Waals surface area contributed by atoms with Crippen LogP contribution in [0.2, 0.25) is 0 Å². The Kier molecular flexibility index (Phi) is 7.49. The van der Waals surface area contributed by atoms with Crippen molar-refractivity contribution >= 4 is 31.9 Å². The Bertz CT molecular complexity index is 363. The number of hydrogen-bond donors (Lipinski definition) is 1. The topological polar surface area (TPSA) is 29.9 Å². The molecule has 0 spiro atoms. The van der Waals surface area contributed by atoms with Gasteiger partial charge in [0.25, 0.3) is 0 Å². The second kappa shape index (κ2) is 8.33. The van der Waals surface area contributed by atoms with Gasteiger partial charge in [-0.3, -0.25) is 4.68 Å². The second-order valence-electron chi connectivity index (χ2n) is 4.35. The standard InChI is InChI=1S/C13H23Br2N3/c1-4-10(14)7-8-16-9-12-13(15)11(5-2)17-18(12)6-3/h10,16H,4-9H2,1-3H3. The van der Waals surface area contributed by atoms with Crippen LogP contribution < -0.4 is 5.32 Å². The van der Waals surface area contributed by atoms with Gasteiger partial charge in [0.05, 0.1) is 15.9 Å². The van der Waals surface area contributed by atoms with Crippen LogP contribution >= 0.6 is 31.9 Å². The van der Waals surface area contributed by atoms with Crippen LogP contribution in [0.5, 0.6) is 0 Å². The van der Waals surface area contributed by atoms with E-state index in [9.17, 15) is 0 Å². The van der Waals surface area contributed by atoms with Crippen LogP contribution in [0.25, 0.3) is 0 Å². The Hall–Kier alpha value is 0.130. The van der Waals surface area contributed by atoms with E-state index < -0.39 is 0 Å². The first kappa shape index (κ1) is 16.2. The maximum atomic E-state index is 4.60. The van der Waals surface area contributed by atoms with Crippen molar-refractivity contribution < 1.29 is 0 Å². The first-order valence-corrected chi connectivity index (χ1v) is 8.43. The van der Waals surface area contributed by atoms with E-state index in [0.717, 1.165) is 38.2 Å². The second-order valence-corrected chi connectivity index (χ2v) is 6.44. The van der Waals surface area contributed by atoms with Crippen molar-refractivity contribution in [2.24, 2.45) is 0 Å². The summed E-state index contributed by atoms with van der Waals surface area (Å²) < 4.78 is 3.26. The van der Waals surface area contributed by atoms with Gasteiger partial charge in [-0.05, 0) is 48.7 Å².